The van der Waals surface area contributed by atoms with E-state index in [1.165, 1.54) is 6.92 Å². The van der Waals surface area contributed by atoms with E-state index < -0.39 is 11.9 Å². The maximum atomic E-state index is 12.4. The van der Waals surface area contributed by atoms with Crippen molar-refractivity contribution < 1.29 is 18.0 Å². The van der Waals surface area contributed by atoms with Gasteiger partial charge in [0.05, 0.1) is 0 Å². The van der Waals surface area contributed by atoms with E-state index in [2.05, 4.69) is 15.4 Å². The number of hydrogen-bond donors (Lipinski definition) is 2. The van der Waals surface area contributed by atoms with Gasteiger partial charge in [-0.15, -0.1) is 0 Å². The van der Waals surface area contributed by atoms with E-state index in [1.807, 2.05) is 5.10 Å². The molecule has 0 atom stereocenters. The molecule has 0 aliphatic heterocycles. The summed E-state index contributed by atoms with van der Waals surface area (Å²) in [5.74, 6) is -0.0223. The highest BCUT2D eigenvalue weighted by atomic mass is 19.4. The van der Waals surface area contributed by atoms with Gasteiger partial charge in [0.1, 0.15) is 11.5 Å². The number of carbonyl (C=O) groups is 1. The zero-order valence-corrected chi connectivity index (χ0v) is 11.6. The van der Waals surface area contributed by atoms with Crippen molar-refractivity contribution in [3.8, 4) is 0 Å². The number of alkyl halides is 3. The second kappa shape index (κ2) is 6.28. The average molecular weight is 302 g/mol. The second-order valence-corrected chi connectivity index (χ2v) is 5.16. The molecule has 0 radical (unpaired) electrons. The van der Waals surface area contributed by atoms with Crippen LogP contribution in [0.25, 0.3) is 0 Å². The van der Waals surface area contributed by atoms with Gasteiger partial charge >= 0.3 is 6.18 Å². The van der Waals surface area contributed by atoms with Gasteiger partial charge < -0.3 is 5.32 Å². The summed E-state index contributed by atoms with van der Waals surface area (Å²) in [5, 5.41) is 7.95. The van der Waals surface area contributed by atoms with Crippen LogP contribution in [0.1, 0.15) is 44.7 Å². The molecule has 1 aliphatic carbocycles. The number of aliphatic imine (C=N–C) groups is 1. The summed E-state index contributed by atoms with van der Waals surface area (Å²) in [7, 11) is 0. The average Bonchev–Trinajstić information content (AvgIpc) is 2.88. The third kappa shape index (κ3) is 4.30. The van der Waals surface area contributed by atoms with Gasteiger partial charge in [-0.1, -0.05) is 19.3 Å². The number of aromatic amines is 1. The zero-order valence-electron chi connectivity index (χ0n) is 11.6. The molecule has 1 aromatic heterocycles. The molecular weight excluding hydrogens is 285 g/mol. The Bertz CT molecular complexity index is 530. The van der Waals surface area contributed by atoms with Crippen molar-refractivity contribution in [2.75, 3.05) is 0 Å². The molecule has 1 fully saturated rings. The normalized spacial score (nSPS) is 17.8. The van der Waals surface area contributed by atoms with Crippen LogP contribution in [-0.4, -0.2) is 21.9 Å². The predicted octanol–water partition coefficient (Wildman–Crippen LogP) is 3.17. The van der Waals surface area contributed by atoms with Gasteiger partial charge in [0.15, 0.2) is 5.82 Å². The van der Waals surface area contributed by atoms with Crippen LogP contribution in [0, 0.1) is 5.92 Å². The smallest absolute Gasteiger partial charge is 0.314 e. The molecule has 21 heavy (non-hydrogen) atoms. The molecule has 1 amide bonds. The molecule has 5 nitrogen and oxygen atoms in total. The second-order valence-electron chi connectivity index (χ2n) is 5.16. The summed E-state index contributed by atoms with van der Waals surface area (Å²) in [6.45, 7) is 1.53. The van der Waals surface area contributed by atoms with Gasteiger partial charge in [0.25, 0.3) is 0 Å². The monoisotopic (exact) mass is 302 g/mol. The van der Waals surface area contributed by atoms with Crippen molar-refractivity contribution >= 4 is 17.6 Å². The number of aromatic nitrogens is 2. The van der Waals surface area contributed by atoms with Gasteiger partial charge in [0.2, 0.25) is 5.91 Å². The van der Waals surface area contributed by atoms with Gasteiger partial charge in [-0.2, -0.15) is 18.3 Å². The van der Waals surface area contributed by atoms with Crippen molar-refractivity contribution in [1.29, 1.82) is 0 Å². The Morgan fingerprint density at radius 2 is 2.05 bits per heavy atom. The van der Waals surface area contributed by atoms with Crippen molar-refractivity contribution in [3.63, 3.8) is 0 Å². The summed E-state index contributed by atoms with van der Waals surface area (Å²) in [4.78, 5) is 15.8. The van der Waals surface area contributed by atoms with Gasteiger partial charge in [-0.05, 0) is 19.8 Å². The van der Waals surface area contributed by atoms with Crippen molar-refractivity contribution in [3.05, 3.63) is 11.8 Å². The molecular formula is C13H17F3N4O. The van der Waals surface area contributed by atoms with Crippen LogP contribution in [0.2, 0.25) is 0 Å². The molecule has 0 saturated heterocycles. The molecule has 0 unspecified atom stereocenters. The van der Waals surface area contributed by atoms with E-state index in [4.69, 9.17) is 0 Å². The van der Waals surface area contributed by atoms with Gasteiger partial charge in [-0.3, -0.25) is 9.89 Å². The largest absolute Gasteiger partial charge is 0.432 e. The molecule has 1 aromatic rings. The van der Waals surface area contributed by atoms with Crippen LogP contribution in [-0.2, 0) is 11.0 Å². The van der Waals surface area contributed by atoms with E-state index in [0.717, 1.165) is 38.2 Å². The molecule has 116 valence electrons. The lowest BCUT2D eigenvalue weighted by molar-refractivity contribution is -0.141. The Kier molecular flexibility index (Phi) is 4.64. The Hall–Kier alpha value is -1.86. The van der Waals surface area contributed by atoms with Crippen LogP contribution in [0.3, 0.4) is 0 Å². The van der Waals surface area contributed by atoms with Gasteiger partial charge in [0, 0.05) is 12.0 Å². The lowest BCUT2D eigenvalue weighted by atomic mass is 9.89. The summed E-state index contributed by atoms with van der Waals surface area (Å²) >= 11 is 0. The van der Waals surface area contributed by atoms with Crippen LogP contribution in [0.15, 0.2) is 11.1 Å². The SMILES string of the molecule is CC(=Nc1cc(C(F)(F)F)[nH]n1)NC(=O)C1CCCCC1. The molecule has 1 saturated carbocycles. The number of nitrogens with zero attached hydrogens (tertiary/aromatic N) is 2. The molecule has 1 heterocycles. The number of hydrogen-bond acceptors (Lipinski definition) is 3. The highest BCUT2D eigenvalue weighted by Crippen LogP contribution is 2.29. The maximum absolute atomic E-state index is 12.4. The predicted molar refractivity (Wildman–Crippen MR) is 71.1 cm³/mol. The van der Waals surface area contributed by atoms with Crippen molar-refractivity contribution in [2.45, 2.75) is 45.2 Å². The highest BCUT2D eigenvalue weighted by Gasteiger charge is 2.33. The van der Waals surface area contributed by atoms with Crippen LogP contribution in [0.4, 0.5) is 19.0 Å². The lowest BCUT2D eigenvalue weighted by Crippen LogP contribution is -2.35. The van der Waals surface area contributed by atoms with Crippen LogP contribution < -0.4 is 5.32 Å². The number of halogens is 3. The molecule has 0 aromatic carbocycles. The van der Waals surface area contributed by atoms with Crippen molar-refractivity contribution in [1.82, 2.24) is 15.5 Å². The maximum Gasteiger partial charge on any atom is 0.432 e. The fourth-order valence-electron chi connectivity index (χ4n) is 2.36. The van der Waals surface area contributed by atoms with E-state index in [1.54, 1.807) is 0 Å². The lowest BCUT2D eigenvalue weighted by Gasteiger charge is -2.20. The fourth-order valence-corrected chi connectivity index (χ4v) is 2.36. The van der Waals surface area contributed by atoms with E-state index in [0.29, 0.717) is 0 Å². The first kappa shape index (κ1) is 15.5. The third-order valence-corrected chi connectivity index (χ3v) is 3.43. The first-order valence-electron chi connectivity index (χ1n) is 6.85. The van der Waals surface area contributed by atoms with Gasteiger partial charge in [-0.25, -0.2) is 4.99 Å². The third-order valence-electron chi connectivity index (χ3n) is 3.43. The molecule has 1 aliphatic rings. The zero-order chi connectivity index (χ0) is 15.5. The minimum atomic E-state index is -4.49. The topological polar surface area (TPSA) is 70.1 Å². The number of amides is 1. The summed E-state index contributed by atoms with van der Waals surface area (Å²) in [5.41, 5.74) is -0.965. The molecule has 0 spiro atoms. The van der Waals surface area contributed by atoms with Crippen LogP contribution >= 0.6 is 0 Å². The number of amidine groups is 1. The quantitative estimate of drug-likeness (QED) is 0.650. The number of H-pyrrole nitrogens is 1. The van der Waals surface area contributed by atoms with E-state index in [-0.39, 0.29) is 23.5 Å². The minimum absolute atomic E-state index is 0.0335. The summed E-state index contributed by atoms with van der Waals surface area (Å²) in [6, 6.07) is 0.802. The molecule has 2 rings (SSSR count). The number of rotatable bonds is 2. The molecule has 8 heteroatoms. The number of carbonyl (C=O) groups excluding carboxylic acids is 1. The summed E-state index contributed by atoms with van der Waals surface area (Å²) < 4.78 is 37.2. The molecule has 2 N–H and O–H groups in total. The Balaban J connectivity index is 1.97. The van der Waals surface area contributed by atoms with E-state index >= 15 is 0 Å². The van der Waals surface area contributed by atoms with Crippen LogP contribution in [0.5, 0.6) is 0 Å². The Morgan fingerprint density at radius 1 is 1.38 bits per heavy atom. The number of nitrogens with one attached hydrogen (secondary N) is 2. The van der Waals surface area contributed by atoms with Crippen molar-refractivity contribution in [2.24, 2.45) is 10.9 Å². The Labute approximate surface area is 120 Å². The summed E-state index contributed by atoms with van der Waals surface area (Å²) in [6.07, 6.45) is 0.412. The first-order chi connectivity index (χ1) is 9.86. The highest BCUT2D eigenvalue weighted by molar-refractivity contribution is 5.98. The minimum Gasteiger partial charge on any atom is -0.314 e. The standard InChI is InChI=1S/C13H17F3N4O/c1-8(18-12(21)9-5-3-2-4-6-9)17-11-7-10(19-20-11)13(14,15)16/h7,9H,2-6H2,1H3,(H2,17,18,19,20,21). The first-order valence-corrected chi connectivity index (χ1v) is 6.85. The molecule has 0 bridgehead atoms. The Morgan fingerprint density at radius 3 is 2.62 bits per heavy atom. The fraction of sp³-hybridized carbons (Fsp3) is 0.615. The van der Waals surface area contributed by atoms with E-state index in [9.17, 15) is 18.0 Å².